The Morgan fingerprint density at radius 2 is 1.86 bits per heavy atom. The number of aromatic nitrogens is 1. The highest BCUT2D eigenvalue weighted by molar-refractivity contribution is 7.92. The van der Waals surface area contributed by atoms with Crippen molar-refractivity contribution < 1.29 is 22.7 Å². The molecule has 8 heteroatoms. The minimum atomic E-state index is -3.37. The van der Waals surface area contributed by atoms with Gasteiger partial charge in [-0.25, -0.2) is 13.2 Å². The molecule has 1 aromatic heterocycles. The Bertz CT molecular complexity index is 764. The summed E-state index contributed by atoms with van der Waals surface area (Å²) < 4.78 is 29.3. The normalized spacial score (nSPS) is 11.0. The van der Waals surface area contributed by atoms with E-state index in [9.17, 15) is 18.0 Å². The second-order valence-electron chi connectivity index (χ2n) is 4.53. The van der Waals surface area contributed by atoms with E-state index >= 15 is 0 Å². The Morgan fingerprint density at radius 3 is 2.41 bits per heavy atom. The number of carbonyl (C=O) groups excluding carboxylic acids is 2. The number of rotatable bonds is 6. The maximum atomic E-state index is 11.8. The van der Waals surface area contributed by atoms with Crippen LogP contribution < -0.4 is 4.72 Å². The third-order valence-corrected chi connectivity index (χ3v) is 3.26. The standard InChI is InChI=1S/C14H14N2O5S/c1-22(19,20)16-11-6-4-10(5-7-11)14(18)21-9-13(17)12-3-2-8-15-12/h2-8,15-16H,9H2,1H3. The SMILES string of the molecule is CS(=O)(=O)Nc1ccc(C(=O)OCC(=O)c2ccc[nH]2)cc1. The Hall–Kier alpha value is -2.61. The molecule has 0 aliphatic carbocycles. The number of ketones is 1. The molecular weight excluding hydrogens is 308 g/mol. The summed E-state index contributed by atoms with van der Waals surface area (Å²) in [6.45, 7) is -0.372. The molecule has 1 heterocycles. The lowest BCUT2D eigenvalue weighted by Crippen LogP contribution is -2.14. The zero-order chi connectivity index (χ0) is 16.2. The highest BCUT2D eigenvalue weighted by Crippen LogP contribution is 2.12. The molecule has 2 aromatic rings. The average molecular weight is 322 g/mol. The topological polar surface area (TPSA) is 105 Å². The Labute approximate surface area is 127 Å². The van der Waals surface area contributed by atoms with Gasteiger partial charge in [0.25, 0.3) is 0 Å². The first kappa shape index (κ1) is 15.8. The number of anilines is 1. The molecule has 0 aliphatic rings. The van der Waals surface area contributed by atoms with Gasteiger partial charge in [0.05, 0.1) is 17.5 Å². The van der Waals surface area contributed by atoms with Crippen LogP contribution in [-0.4, -0.2) is 38.0 Å². The van der Waals surface area contributed by atoms with Crippen LogP contribution in [0.5, 0.6) is 0 Å². The number of H-pyrrole nitrogens is 1. The molecule has 2 N–H and O–H groups in total. The van der Waals surface area contributed by atoms with E-state index in [4.69, 9.17) is 4.74 Å². The lowest BCUT2D eigenvalue weighted by molar-refractivity contribution is 0.0473. The summed E-state index contributed by atoms with van der Waals surface area (Å²) >= 11 is 0. The molecule has 1 aromatic carbocycles. The van der Waals surface area contributed by atoms with Gasteiger partial charge >= 0.3 is 5.97 Å². The van der Waals surface area contributed by atoms with Gasteiger partial charge in [0.2, 0.25) is 15.8 Å². The van der Waals surface area contributed by atoms with Crippen molar-refractivity contribution >= 4 is 27.5 Å². The summed E-state index contributed by atoms with van der Waals surface area (Å²) in [7, 11) is -3.37. The molecule has 0 bridgehead atoms. The molecule has 0 atom stereocenters. The third kappa shape index (κ3) is 4.45. The molecule has 7 nitrogen and oxygen atoms in total. The summed E-state index contributed by atoms with van der Waals surface area (Å²) in [4.78, 5) is 26.2. The number of nitrogens with one attached hydrogen (secondary N) is 2. The number of carbonyl (C=O) groups is 2. The highest BCUT2D eigenvalue weighted by atomic mass is 32.2. The number of hydrogen-bond donors (Lipinski definition) is 2. The quantitative estimate of drug-likeness (QED) is 0.618. The van der Waals surface area contributed by atoms with Crippen molar-refractivity contribution in [3.63, 3.8) is 0 Å². The van der Waals surface area contributed by atoms with Gasteiger partial charge in [0, 0.05) is 11.9 Å². The Morgan fingerprint density at radius 1 is 1.18 bits per heavy atom. The van der Waals surface area contributed by atoms with Crippen LogP contribution in [0.15, 0.2) is 42.6 Å². The van der Waals surface area contributed by atoms with Gasteiger partial charge in [-0.1, -0.05) is 0 Å². The molecule has 0 spiro atoms. The van der Waals surface area contributed by atoms with Gasteiger partial charge in [-0.3, -0.25) is 9.52 Å². The van der Waals surface area contributed by atoms with Crippen molar-refractivity contribution in [3.05, 3.63) is 53.9 Å². The van der Waals surface area contributed by atoms with E-state index in [0.717, 1.165) is 6.26 Å². The van der Waals surface area contributed by atoms with Crippen LogP contribution in [-0.2, 0) is 14.8 Å². The first-order valence-corrected chi connectivity index (χ1v) is 8.16. The fourth-order valence-electron chi connectivity index (χ4n) is 1.68. The molecule has 0 fully saturated rings. The van der Waals surface area contributed by atoms with E-state index in [0.29, 0.717) is 11.4 Å². The zero-order valence-electron chi connectivity index (χ0n) is 11.7. The number of ether oxygens (including phenoxy) is 1. The molecule has 0 amide bonds. The number of Topliss-reactive ketones (excluding diaryl/α,β-unsaturated/α-hetero) is 1. The predicted octanol–water partition coefficient (Wildman–Crippen LogP) is 1.43. The Kier molecular flexibility index (Phi) is 4.62. The summed E-state index contributed by atoms with van der Waals surface area (Å²) in [5.74, 6) is -1.00. The molecule has 116 valence electrons. The predicted molar refractivity (Wildman–Crippen MR) is 80.3 cm³/mol. The lowest BCUT2D eigenvalue weighted by Gasteiger charge is -2.06. The van der Waals surface area contributed by atoms with Gasteiger partial charge in [-0.15, -0.1) is 0 Å². The van der Waals surface area contributed by atoms with Crippen molar-refractivity contribution in [3.8, 4) is 0 Å². The van der Waals surface area contributed by atoms with Gasteiger partial charge in [0.15, 0.2) is 6.61 Å². The van der Waals surface area contributed by atoms with Gasteiger partial charge in [-0.05, 0) is 36.4 Å². The molecule has 0 saturated heterocycles. The number of esters is 1. The van der Waals surface area contributed by atoms with Crippen molar-refractivity contribution in [2.75, 3.05) is 17.6 Å². The third-order valence-electron chi connectivity index (χ3n) is 2.66. The van der Waals surface area contributed by atoms with Crippen LogP contribution >= 0.6 is 0 Å². The Balaban J connectivity index is 1.94. The van der Waals surface area contributed by atoms with Gasteiger partial charge in [-0.2, -0.15) is 0 Å². The van der Waals surface area contributed by atoms with E-state index in [2.05, 4.69) is 9.71 Å². The molecule has 2 rings (SSSR count). The number of hydrogen-bond acceptors (Lipinski definition) is 5. The summed E-state index contributed by atoms with van der Waals surface area (Å²) in [5, 5.41) is 0. The van der Waals surface area contributed by atoms with E-state index in [-0.39, 0.29) is 18.0 Å². The van der Waals surface area contributed by atoms with Crippen LogP contribution in [0.3, 0.4) is 0 Å². The largest absolute Gasteiger partial charge is 0.454 e. The maximum absolute atomic E-state index is 11.8. The fraction of sp³-hybridized carbons (Fsp3) is 0.143. The smallest absolute Gasteiger partial charge is 0.338 e. The van der Waals surface area contributed by atoms with Crippen LogP contribution in [0.4, 0.5) is 5.69 Å². The fourth-order valence-corrected chi connectivity index (χ4v) is 2.25. The molecular formula is C14H14N2O5S. The van der Waals surface area contributed by atoms with Gasteiger partial charge < -0.3 is 9.72 Å². The van der Waals surface area contributed by atoms with E-state index in [1.807, 2.05) is 0 Å². The number of aromatic amines is 1. The van der Waals surface area contributed by atoms with Crippen LogP contribution in [0, 0.1) is 0 Å². The summed E-state index contributed by atoms with van der Waals surface area (Å²) in [5.41, 5.74) is 0.917. The molecule has 0 saturated carbocycles. The van der Waals surface area contributed by atoms with E-state index < -0.39 is 16.0 Å². The van der Waals surface area contributed by atoms with Crippen LogP contribution in [0.25, 0.3) is 0 Å². The van der Waals surface area contributed by atoms with Crippen molar-refractivity contribution in [1.82, 2.24) is 4.98 Å². The minimum Gasteiger partial charge on any atom is -0.454 e. The minimum absolute atomic E-state index is 0.221. The summed E-state index contributed by atoms with van der Waals surface area (Å²) in [6, 6.07) is 8.95. The molecule has 22 heavy (non-hydrogen) atoms. The van der Waals surface area contributed by atoms with Gasteiger partial charge in [0.1, 0.15) is 0 Å². The van der Waals surface area contributed by atoms with E-state index in [1.54, 1.807) is 18.3 Å². The summed E-state index contributed by atoms with van der Waals surface area (Å²) in [6.07, 6.45) is 2.63. The second kappa shape index (κ2) is 6.44. The van der Waals surface area contributed by atoms with Crippen molar-refractivity contribution in [2.24, 2.45) is 0 Å². The lowest BCUT2D eigenvalue weighted by atomic mass is 10.2. The van der Waals surface area contributed by atoms with Crippen LogP contribution in [0.2, 0.25) is 0 Å². The van der Waals surface area contributed by atoms with E-state index in [1.165, 1.54) is 24.3 Å². The maximum Gasteiger partial charge on any atom is 0.338 e. The molecule has 0 radical (unpaired) electrons. The first-order valence-electron chi connectivity index (χ1n) is 6.27. The number of sulfonamides is 1. The highest BCUT2D eigenvalue weighted by Gasteiger charge is 2.12. The average Bonchev–Trinajstić information content (AvgIpc) is 2.97. The second-order valence-corrected chi connectivity index (χ2v) is 6.28. The first-order chi connectivity index (χ1) is 10.3. The number of benzene rings is 1. The van der Waals surface area contributed by atoms with Crippen LogP contribution in [0.1, 0.15) is 20.8 Å². The molecule has 0 unspecified atom stereocenters. The van der Waals surface area contributed by atoms with Crippen molar-refractivity contribution in [1.29, 1.82) is 0 Å². The molecule has 0 aliphatic heterocycles. The zero-order valence-corrected chi connectivity index (χ0v) is 12.5. The van der Waals surface area contributed by atoms with Crippen molar-refractivity contribution in [2.45, 2.75) is 0 Å². The monoisotopic (exact) mass is 322 g/mol.